The number of hydrogen-bond donors (Lipinski definition) is 1. The molecule has 152 valence electrons. The van der Waals surface area contributed by atoms with E-state index in [-0.39, 0.29) is 9.79 Å². The topological polar surface area (TPSA) is 66.5 Å². The van der Waals surface area contributed by atoms with Gasteiger partial charge in [-0.3, -0.25) is 0 Å². The highest BCUT2D eigenvalue weighted by atomic mass is 35.6. The second kappa shape index (κ2) is 8.86. The summed E-state index contributed by atoms with van der Waals surface area (Å²) in [5, 5.41) is 3.01. The van der Waals surface area contributed by atoms with Gasteiger partial charge in [0.1, 0.15) is 0 Å². The fourth-order valence-electron chi connectivity index (χ4n) is 2.30. The minimum atomic E-state index is -3.74. The Hall–Kier alpha value is -0.890. The Balaban J connectivity index is 2.25. The van der Waals surface area contributed by atoms with Crippen molar-refractivity contribution in [3.63, 3.8) is 0 Å². The third-order valence-corrected chi connectivity index (χ3v) is 7.53. The van der Waals surface area contributed by atoms with Crippen LogP contribution in [-0.2, 0) is 9.84 Å². The molecule has 28 heavy (non-hydrogen) atoms. The lowest BCUT2D eigenvalue weighted by molar-refractivity contribution is 0.218. The van der Waals surface area contributed by atoms with Crippen molar-refractivity contribution in [2.75, 3.05) is 12.4 Å². The van der Waals surface area contributed by atoms with Crippen LogP contribution in [0, 0.1) is 6.92 Å². The largest absolute Gasteiger partial charge is 0.322 e. The maximum absolute atomic E-state index is 12.8. The summed E-state index contributed by atoms with van der Waals surface area (Å²) in [4.78, 5) is 13.5. The number of nitrogens with zero attached hydrogens (tertiary/aromatic N) is 1. The summed E-state index contributed by atoms with van der Waals surface area (Å²) in [6, 6.07) is 9.62. The van der Waals surface area contributed by atoms with Crippen molar-refractivity contribution in [1.82, 2.24) is 4.90 Å². The molecule has 1 N–H and O–H groups in total. The van der Waals surface area contributed by atoms with Gasteiger partial charge in [0.15, 0.2) is 5.50 Å². The molecule has 2 rings (SSSR count). The molecule has 0 aliphatic rings. The molecule has 11 heteroatoms. The van der Waals surface area contributed by atoms with Gasteiger partial charge in [-0.1, -0.05) is 58.0 Å². The van der Waals surface area contributed by atoms with Gasteiger partial charge in [0.25, 0.3) is 0 Å². The number of benzene rings is 2. The first-order valence-electron chi connectivity index (χ1n) is 7.70. The second-order valence-electron chi connectivity index (χ2n) is 5.86. The van der Waals surface area contributed by atoms with Crippen LogP contribution in [0.4, 0.5) is 10.5 Å². The highest BCUT2D eigenvalue weighted by Crippen LogP contribution is 2.35. The van der Waals surface area contributed by atoms with Gasteiger partial charge in [0, 0.05) is 17.8 Å². The van der Waals surface area contributed by atoms with E-state index in [4.69, 9.17) is 58.0 Å². The van der Waals surface area contributed by atoms with Crippen LogP contribution < -0.4 is 5.32 Å². The fourth-order valence-corrected chi connectivity index (χ4v) is 4.44. The molecule has 2 aromatic carbocycles. The summed E-state index contributed by atoms with van der Waals surface area (Å²) in [6.07, 6.45) is 0. The smallest absolute Gasteiger partial charge is 0.308 e. The minimum Gasteiger partial charge on any atom is -0.308 e. The number of hydrogen-bond acceptors (Lipinski definition) is 3. The van der Waals surface area contributed by atoms with Crippen molar-refractivity contribution in [2.45, 2.75) is 26.0 Å². The summed E-state index contributed by atoms with van der Waals surface area (Å²) in [7, 11) is -2.37. The summed E-state index contributed by atoms with van der Waals surface area (Å²) < 4.78 is 23.7. The van der Waals surface area contributed by atoms with E-state index in [1.807, 2.05) is 0 Å². The van der Waals surface area contributed by atoms with E-state index in [1.165, 1.54) is 49.5 Å². The maximum Gasteiger partial charge on any atom is 0.322 e. The summed E-state index contributed by atoms with van der Waals surface area (Å²) >= 11 is 28.8. The maximum atomic E-state index is 12.8. The lowest BCUT2D eigenvalue weighted by Crippen LogP contribution is -2.43. The molecular weight excluding hydrogens is 490 g/mol. The minimum absolute atomic E-state index is 0.109. The van der Waals surface area contributed by atoms with Crippen LogP contribution >= 0.6 is 58.0 Å². The van der Waals surface area contributed by atoms with Crippen LogP contribution in [0.5, 0.6) is 0 Å². The molecule has 0 spiro atoms. The van der Waals surface area contributed by atoms with Gasteiger partial charge in [-0.15, -0.1) is 0 Å². The van der Waals surface area contributed by atoms with Crippen LogP contribution in [-0.4, -0.2) is 35.7 Å². The van der Waals surface area contributed by atoms with E-state index >= 15 is 0 Å². The monoisotopic (exact) mass is 502 g/mol. The molecule has 1 unspecified atom stereocenters. The van der Waals surface area contributed by atoms with Crippen LogP contribution in [0.25, 0.3) is 0 Å². The second-order valence-corrected chi connectivity index (χ2v) is 11.0. The molecule has 2 amide bonds. The number of carbonyl (C=O) groups excluding carboxylic acids is 1. The molecule has 0 aliphatic heterocycles. The lowest BCUT2D eigenvalue weighted by atomic mass is 10.2. The molecule has 0 radical (unpaired) electrons. The zero-order valence-electron chi connectivity index (χ0n) is 14.6. The zero-order chi connectivity index (χ0) is 21.3. The number of rotatable bonds is 4. The number of alkyl halides is 4. The average Bonchev–Trinajstić information content (AvgIpc) is 2.59. The average molecular weight is 505 g/mol. The molecule has 0 saturated heterocycles. The summed E-state index contributed by atoms with van der Waals surface area (Å²) in [5.41, 5.74) is -0.403. The highest BCUT2D eigenvalue weighted by molar-refractivity contribution is 7.91. The van der Waals surface area contributed by atoms with Crippen LogP contribution in [0.2, 0.25) is 5.02 Å². The Labute approximate surface area is 188 Å². The van der Waals surface area contributed by atoms with Gasteiger partial charge < -0.3 is 10.2 Å². The molecule has 2 aromatic rings. The fraction of sp³-hybridized carbons (Fsp3) is 0.235. The number of anilines is 1. The Morgan fingerprint density at radius 2 is 1.68 bits per heavy atom. The first-order valence-corrected chi connectivity index (χ1v) is 11.1. The van der Waals surface area contributed by atoms with Gasteiger partial charge in [0.05, 0.1) is 9.79 Å². The number of urea groups is 1. The van der Waals surface area contributed by atoms with E-state index in [0.29, 0.717) is 16.3 Å². The first kappa shape index (κ1) is 23.4. The number of carbonyl (C=O) groups is 1. The number of amides is 2. The third-order valence-electron chi connectivity index (χ3n) is 3.77. The van der Waals surface area contributed by atoms with E-state index in [0.717, 1.165) is 4.90 Å². The van der Waals surface area contributed by atoms with Gasteiger partial charge in [-0.25, -0.2) is 13.2 Å². The normalized spacial score (nSPS) is 13.1. The molecular formula is C17H15Cl5N2O3S. The zero-order valence-corrected chi connectivity index (χ0v) is 19.2. The molecule has 0 fully saturated rings. The van der Waals surface area contributed by atoms with E-state index in [1.54, 1.807) is 6.92 Å². The van der Waals surface area contributed by atoms with Gasteiger partial charge in [0.2, 0.25) is 13.6 Å². The number of sulfone groups is 1. The molecule has 0 aromatic heterocycles. The van der Waals surface area contributed by atoms with Crippen LogP contribution in [0.3, 0.4) is 0 Å². The SMILES string of the molecule is Cc1cc(NC(=O)N(C)C(Cl)C(Cl)(Cl)Cl)ccc1S(=O)(=O)c1ccc(Cl)cc1. The van der Waals surface area contributed by atoms with E-state index in [9.17, 15) is 13.2 Å². The Morgan fingerprint density at radius 3 is 2.18 bits per heavy atom. The third kappa shape index (κ3) is 5.38. The standard InChI is InChI=1S/C17H15Cl5N2O3S/c1-10-9-12(23-16(25)24(2)15(19)17(20,21)22)5-8-14(10)28(26,27)13-6-3-11(18)4-7-13/h3-9,15H,1-2H3,(H,23,25). The van der Waals surface area contributed by atoms with E-state index in [2.05, 4.69) is 5.32 Å². The van der Waals surface area contributed by atoms with Crippen molar-refractivity contribution >= 4 is 79.6 Å². The molecule has 5 nitrogen and oxygen atoms in total. The quantitative estimate of drug-likeness (QED) is 0.418. The lowest BCUT2D eigenvalue weighted by Gasteiger charge is -2.28. The predicted octanol–water partition coefficient (Wildman–Crippen LogP) is 5.88. The van der Waals surface area contributed by atoms with Crippen molar-refractivity contribution < 1.29 is 13.2 Å². The van der Waals surface area contributed by atoms with Crippen molar-refractivity contribution in [3.8, 4) is 0 Å². The Bertz CT molecular complexity index is 975. The molecule has 0 heterocycles. The first-order chi connectivity index (χ1) is 12.8. The predicted molar refractivity (Wildman–Crippen MR) is 115 cm³/mol. The number of nitrogens with one attached hydrogen (secondary N) is 1. The van der Waals surface area contributed by atoms with Crippen LogP contribution in [0.1, 0.15) is 5.56 Å². The number of halogens is 5. The van der Waals surface area contributed by atoms with E-state index < -0.39 is 25.2 Å². The van der Waals surface area contributed by atoms with Crippen molar-refractivity contribution in [2.24, 2.45) is 0 Å². The van der Waals surface area contributed by atoms with Gasteiger partial charge >= 0.3 is 6.03 Å². The highest BCUT2D eigenvalue weighted by Gasteiger charge is 2.36. The van der Waals surface area contributed by atoms with Crippen molar-refractivity contribution in [1.29, 1.82) is 0 Å². The van der Waals surface area contributed by atoms with Gasteiger partial charge in [-0.05, 0) is 55.0 Å². The molecule has 0 aliphatic carbocycles. The Kier molecular flexibility index (Phi) is 7.40. The molecule has 0 bridgehead atoms. The molecule has 0 saturated carbocycles. The summed E-state index contributed by atoms with van der Waals surface area (Å²) in [6.45, 7) is 1.62. The van der Waals surface area contributed by atoms with Gasteiger partial charge in [-0.2, -0.15) is 0 Å². The van der Waals surface area contributed by atoms with Crippen molar-refractivity contribution in [3.05, 3.63) is 53.1 Å². The Morgan fingerprint density at radius 1 is 1.11 bits per heavy atom. The van der Waals surface area contributed by atoms with Crippen LogP contribution in [0.15, 0.2) is 52.3 Å². The molecule has 1 atom stereocenters. The number of aryl methyl sites for hydroxylation is 1. The summed E-state index contributed by atoms with van der Waals surface area (Å²) in [5.74, 6) is 0.